The van der Waals surface area contributed by atoms with Crippen molar-refractivity contribution in [1.82, 2.24) is 9.97 Å². The summed E-state index contributed by atoms with van der Waals surface area (Å²) in [7, 11) is 0. The third kappa shape index (κ3) is 1.55. The summed E-state index contributed by atoms with van der Waals surface area (Å²) in [4.78, 5) is 9.90. The van der Waals surface area contributed by atoms with Gasteiger partial charge in [0, 0.05) is 13.1 Å². The van der Waals surface area contributed by atoms with Crippen molar-refractivity contribution in [3.63, 3.8) is 0 Å². The van der Waals surface area contributed by atoms with Gasteiger partial charge in [0.2, 0.25) is 0 Å². The van der Waals surface area contributed by atoms with Crippen molar-refractivity contribution >= 4 is 27.6 Å². The third-order valence-electron chi connectivity index (χ3n) is 2.16. The molecule has 6 heteroatoms. The third-order valence-corrected chi connectivity index (χ3v) is 2.92. The molecule has 76 valence electrons. The quantitative estimate of drug-likeness (QED) is 0.763. The number of nitrogens with zero attached hydrogens (tertiary/aromatic N) is 3. The lowest BCUT2D eigenvalue weighted by molar-refractivity contribution is 0.0304. The molecule has 1 aliphatic heterocycles. The molecule has 5 nitrogen and oxygen atoms in total. The lowest BCUT2D eigenvalue weighted by Gasteiger charge is -2.45. The van der Waals surface area contributed by atoms with Gasteiger partial charge in [0.15, 0.2) is 0 Å². The second-order valence-corrected chi connectivity index (χ2v) is 4.54. The summed E-state index contributed by atoms with van der Waals surface area (Å²) in [5, 5.41) is 9.57. The van der Waals surface area contributed by atoms with Gasteiger partial charge in [-0.3, -0.25) is 0 Å². The van der Waals surface area contributed by atoms with E-state index in [1.54, 1.807) is 6.92 Å². The molecule has 1 fully saturated rings. The van der Waals surface area contributed by atoms with Gasteiger partial charge in [0.25, 0.3) is 0 Å². The first-order valence-corrected chi connectivity index (χ1v) is 5.02. The first-order chi connectivity index (χ1) is 6.49. The van der Waals surface area contributed by atoms with Gasteiger partial charge in [-0.1, -0.05) is 0 Å². The van der Waals surface area contributed by atoms with Crippen LogP contribution in [0, 0.1) is 0 Å². The van der Waals surface area contributed by atoms with Crippen molar-refractivity contribution in [3.05, 3.63) is 10.8 Å². The fourth-order valence-electron chi connectivity index (χ4n) is 1.52. The monoisotopic (exact) mass is 258 g/mol. The van der Waals surface area contributed by atoms with Gasteiger partial charge in [0.1, 0.15) is 22.4 Å². The SMILES string of the molecule is CC1(O)CN(c2ncnc(N)c2Br)C1. The van der Waals surface area contributed by atoms with Crippen molar-refractivity contribution in [1.29, 1.82) is 0 Å². The largest absolute Gasteiger partial charge is 0.386 e. The van der Waals surface area contributed by atoms with Gasteiger partial charge in [-0.25, -0.2) is 9.97 Å². The topological polar surface area (TPSA) is 75.3 Å². The summed E-state index contributed by atoms with van der Waals surface area (Å²) in [6, 6.07) is 0. The van der Waals surface area contributed by atoms with E-state index in [1.165, 1.54) is 6.33 Å². The van der Waals surface area contributed by atoms with Crippen LogP contribution < -0.4 is 10.6 Å². The van der Waals surface area contributed by atoms with E-state index in [2.05, 4.69) is 25.9 Å². The van der Waals surface area contributed by atoms with Crippen LogP contribution in [0.25, 0.3) is 0 Å². The number of hydrogen-bond donors (Lipinski definition) is 2. The molecule has 2 heterocycles. The van der Waals surface area contributed by atoms with Crippen LogP contribution in [0.2, 0.25) is 0 Å². The zero-order valence-electron chi connectivity index (χ0n) is 7.74. The van der Waals surface area contributed by atoms with E-state index in [-0.39, 0.29) is 0 Å². The van der Waals surface area contributed by atoms with Gasteiger partial charge in [-0.05, 0) is 22.9 Å². The molecule has 1 saturated heterocycles. The number of rotatable bonds is 1. The zero-order chi connectivity index (χ0) is 10.3. The highest BCUT2D eigenvalue weighted by atomic mass is 79.9. The molecule has 1 aromatic rings. The second-order valence-electron chi connectivity index (χ2n) is 3.75. The molecule has 0 radical (unpaired) electrons. The summed E-state index contributed by atoms with van der Waals surface area (Å²) >= 11 is 3.32. The van der Waals surface area contributed by atoms with E-state index in [0.29, 0.717) is 23.4 Å². The Hall–Kier alpha value is -0.880. The van der Waals surface area contributed by atoms with Crippen LogP contribution in [0.5, 0.6) is 0 Å². The molecule has 2 rings (SSSR count). The molecule has 3 N–H and O–H groups in total. The van der Waals surface area contributed by atoms with Gasteiger partial charge in [0.05, 0.1) is 5.60 Å². The zero-order valence-corrected chi connectivity index (χ0v) is 9.32. The summed E-state index contributed by atoms with van der Waals surface area (Å²) in [5.41, 5.74) is 5.01. The first kappa shape index (κ1) is 9.67. The predicted octanol–water partition coefficient (Wildman–Crippen LogP) is 0.392. The highest BCUT2D eigenvalue weighted by Crippen LogP contribution is 2.33. The molecule has 0 saturated carbocycles. The number of nitrogen functional groups attached to an aromatic ring is 1. The number of anilines is 2. The van der Waals surface area contributed by atoms with Crippen molar-refractivity contribution in [2.24, 2.45) is 0 Å². The fraction of sp³-hybridized carbons (Fsp3) is 0.500. The number of nitrogens with two attached hydrogens (primary N) is 1. The Morgan fingerprint density at radius 2 is 2.21 bits per heavy atom. The average Bonchev–Trinajstić information content (AvgIpc) is 2.06. The number of halogens is 1. The van der Waals surface area contributed by atoms with Crippen molar-refractivity contribution in [2.75, 3.05) is 23.7 Å². The minimum absolute atomic E-state index is 0.418. The average molecular weight is 259 g/mol. The maximum Gasteiger partial charge on any atom is 0.148 e. The van der Waals surface area contributed by atoms with Crippen LogP contribution in [-0.2, 0) is 0 Å². The number of hydrogen-bond acceptors (Lipinski definition) is 5. The summed E-state index contributed by atoms with van der Waals surface area (Å²) in [6.45, 7) is 2.94. The first-order valence-electron chi connectivity index (χ1n) is 4.23. The Morgan fingerprint density at radius 1 is 1.57 bits per heavy atom. The highest BCUT2D eigenvalue weighted by molar-refractivity contribution is 9.10. The molecular formula is C8H11BrN4O. The Morgan fingerprint density at radius 3 is 2.79 bits per heavy atom. The number of aliphatic hydroxyl groups is 1. The van der Waals surface area contributed by atoms with E-state index in [9.17, 15) is 5.11 Å². The Bertz CT molecular complexity index is 360. The molecule has 14 heavy (non-hydrogen) atoms. The number of β-amino-alcohol motifs (C(OH)–C–C–N with tert-alkyl or cyclic N) is 1. The van der Waals surface area contributed by atoms with Crippen LogP contribution in [0.4, 0.5) is 11.6 Å². The molecule has 1 aromatic heterocycles. The molecule has 1 aliphatic rings. The van der Waals surface area contributed by atoms with E-state index in [4.69, 9.17) is 5.73 Å². The van der Waals surface area contributed by atoms with Crippen LogP contribution in [0.3, 0.4) is 0 Å². The van der Waals surface area contributed by atoms with Crippen LogP contribution in [0.15, 0.2) is 10.8 Å². The predicted molar refractivity (Wildman–Crippen MR) is 57.0 cm³/mol. The van der Waals surface area contributed by atoms with E-state index in [1.807, 2.05) is 4.90 Å². The van der Waals surface area contributed by atoms with E-state index >= 15 is 0 Å². The Balaban J connectivity index is 2.23. The summed E-state index contributed by atoms with van der Waals surface area (Å²) in [5.74, 6) is 1.16. The molecular weight excluding hydrogens is 248 g/mol. The molecule has 0 atom stereocenters. The van der Waals surface area contributed by atoms with Crippen LogP contribution in [0.1, 0.15) is 6.92 Å². The molecule has 0 bridgehead atoms. The van der Waals surface area contributed by atoms with Gasteiger partial charge >= 0.3 is 0 Å². The molecule has 0 unspecified atom stereocenters. The lowest BCUT2D eigenvalue weighted by atomic mass is 9.97. The van der Waals surface area contributed by atoms with E-state index < -0.39 is 5.60 Å². The molecule has 0 amide bonds. The Kier molecular flexibility index (Phi) is 2.11. The van der Waals surface area contributed by atoms with Crippen LogP contribution in [-0.4, -0.2) is 33.8 Å². The van der Waals surface area contributed by atoms with Gasteiger partial charge < -0.3 is 15.7 Å². The van der Waals surface area contributed by atoms with Crippen molar-refractivity contribution in [2.45, 2.75) is 12.5 Å². The maximum atomic E-state index is 9.57. The number of aromatic nitrogens is 2. The van der Waals surface area contributed by atoms with Crippen LogP contribution >= 0.6 is 15.9 Å². The smallest absolute Gasteiger partial charge is 0.148 e. The van der Waals surface area contributed by atoms with Crippen molar-refractivity contribution < 1.29 is 5.11 Å². The van der Waals surface area contributed by atoms with Gasteiger partial charge in [-0.2, -0.15) is 0 Å². The van der Waals surface area contributed by atoms with Gasteiger partial charge in [-0.15, -0.1) is 0 Å². The summed E-state index contributed by atoms with van der Waals surface area (Å²) < 4.78 is 0.690. The summed E-state index contributed by atoms with van der Waals surface area (Å²) in [6.07, 6.45) is 1.42. The molecule has 0 aromatic carbocycles. The minimum Gasteiger partial charge on any atom is -0.386 e. The fourth-order valence-corrected chi connectivity index (χ4v) is 1.98. The molecule has 0 aliphatic carbocycles. The van der Waals surface area contributed by atoms with Crippen molar-refractivity contribution in [3.8, 4) is 0 Å². The highest BCUT2D eigenvalue weighted by Gasteiger charge is 2.38. The van der Waals surface area contributed by atoms with E-state index in [0.717, 1.165) is 5.82 Å². The lowest BCUT2D eigenvalue weighted by Crippen LogP contribution is -2.60. The second kappa shape index (κ2) is 3.06. The molecule has 0 spiro atoms. The standard InChI is InChI=1S/C8H11BrN4O/c1-8(14)2-13(3-8)7-5(9)6(10)11-4-12-7/h4,14H,2-3H2,1H3,(H2,10,11,12). The normalized spacial score (nSPS) is 19.2. The minimum atomic E-state index is -0.612. The maximum absolute atomic E-state index is 9.57. The Labute approximate surface area is 90.1 Å².